The Kier molecular flexibility index (Phi) is 5.38. The largest absolute Gasteiger partial charge is 0.156 e. The highest BCUT2D eigenvalue weighted by Gasteiger charge is 2.30. The molecule has 2 rings (SSSR count). The SMILES string of the molecule is C1CCCCCC(C2CS2)CCCCC1. The zero-order chi connectivity index (χ0) is 10.3. The molecule has 1 heteroatoms. The van der Waals surface area contributed by atoms with Gasteiger partial charge in [0.25, 0.3) is 0 Å². The van der Waals surface area contributed by atoms with E-state index in [4.69, 9.17) is 0 Å². The molecule has 2 aliphatic rings. The topological polar surface area (TPSA) is 0 Å². The van der Waals surface area contributed by atoms with Crippen LogP contribution in [-0.2, 0) is 0 Å². The Bertz CT molecular complexity index is 151. The first-order valence-corrected chi connectivity index (χ1v) is 8.13. The minimum absolute atomic E-state index is 1.08. The second kappa shape index (κ2) is 6.83. The van der Waals surface area contributed by atoms with Gasteiger partial charge in [0.15, 0.2) is 0 Å². The minimum atomic E-state index is 1.08. The predicted molar refractivity (Wildman–Crippen MR) is 70.5 cm³/mol. The third-order valence-corrected chi connectivity index (χ3v) is 5.14. The summed E-state index contributed by atoms with van der Waals surface area (Å²) in [6, 6.07) is 0. The summed E-state index contributed by atoms with van der Waals surface area (Å²) in [5.41, 5.74) is 0. The Balaban J connectivity index is 1.69. The molecule has 1 saturated carbocycles. The van der Waals surface area contributed by atoms with Gasteiger partial charge in [-0.25, -0.2) is 0 Å². The molecule has 0 aromatic rings. The van der Waals surface area contributed by atoms with Gasteiger partial charge in [0, 0.05) is 11.0 Å². The van der Waals surface area contributed by atoms with Crippen LogP contribution in [0.3, 0.4) is 0 Å². The Morgan fingerprint density at radius 1 is 0.600 bits per heavy atom. The maximum Gasteiger partial charge on any atom is 0.0166 e. The molecule has 0 bridgehead atoms. The fourth-order valence-corrected chi connectivity index (χ4v) is 3.82. The monoisotopic (exact) mass is 226 g/mol. The molecule has 1 aliphatic heterocycles. The fourth-order valence-electron chi connectivity index (χ4n) is 2.89. The summed E-state index contributed by atoms with van der Waals surface area (Å²) in [6.45, 7) is 0. The van der Waals surface area contributed by atoms with Gasteiger partial charge in [-0.05, 0) is 18.8 Å². The van der Waals surface area contributed by atoms with Crippen molar-refractivity contribution >= 4 is 11.8 Å². The van der Waals surface area contributed by atoms with Gasteiger partial charge in [-0.2, -0.15) is 11.8 Å². The Morgan fingerprint density at radius 2 is 1.00 bits per heavy atom. The van der Waals surface area contributed by atoms with E-state index in [0.29, 0.717) is 0 Å². The molecule has 1 aliphatic carbocycles. The van der Waals surface area contributed by atoms with E-state index >= 15 is 0 Å². The Labute approximate surface area is 99.6 Å². The van der Waals surface area contributed by atoms with Gasteiger partial charge in [0.2, 0.25) is 0 Å². The third-order valence-electron chi connectivity index (χ3n) is 4.03. The lowest BCUT2D eigenvalue weighted by molar-refractivity contribution is 0.405. The number of thioether (sulfide) groups is 1. The van der Waals surface area contributed by atoms with Crippen LogP contribution in [0.2, 0.25) is 0 Å². The highest BCUT2D eigenvalue weighted by atomic mass is 32.2. The van der Waals surface area contributed by atoms with E-state index in [1.807, 2.05) is 0 Å². The van der Waals surface area contributed by atoms with Gasteiger partial charge in [-0.3, -0.25) is 0 Å². The van der Waals surface area contributed by atoms with Gasteiger partial charge in [0.1, 0.15) is 0 Å². The van der Waals surface area contributed by atoms with E-state index in [9.17, 15) is 0 Å². The Hall–Kier alpha value is 0.350. The number of hydrogen-bond acceptors (Lipinski definition) is 1. The molecule has 0 radical (unpaired) electrons. The molecule has 1 atom stereocenters. The summed E-state index contributed by atoms with van der Waals surface area (Å²) in [5, 5.41) is 1.08. The summed E-state index contributed by atoms with van der Waals surface area (Å²) >= 11 is 2.21. The van der Waals surface area contributed by atoms with E-state index in [1.165, 1.54) is 76.4 Å². The first kappa shape index (κ1) is 11.8. The van der Waals surface area contributed by atoms with Gasteiger partial charge in [0.05, 0.1) is 0 Å². The standard InChI is InChI=1S/C14H26S/c1-2-4-6-8-10-13(14-12-15-14)11-9-7-5-3-1/h13-14H,1-12H2. The van der Waals surface area contributed by atoms with Gasteiger partial charge >= 0.3 is 0 Å². The van der Waals surface area contributed by atoms with Gasteiger partial charge in [-0.15, -0.1) is 0 Å². The molecule has 1 heterocycles. The van der Waals surface area contributed by atoms with Crippen LogP contribution in [-0.4, -0.2) is 11.0 Å². The molecule has 1 unspecified atom stereocenters. The first-order chi connectivity index (χ1) is 7.47. The lowest BCUT2D eigenvalue weighted by Gasteiger charge is -2.16. The molecule has 0 spiro atoms. The Morgan fingerprint density at radius 3 is 1.40 bits per heavy atom. The van der Waals surface area contributed by atoms with Crippen molar-refractivity contribution in [3.63, 3.8) is 0 Å². The molecular weight excluding hydrogens is 200 g/mol. The van der Waals surface area contributed by atoms with E-state index < -0.39 is 0 Å². The lowest BCUT2D eigenvalue weighted by Crippen LogP contribution is -2.07. The van der Waals surface area contributed by atoms with E-state index in [0.717, 1.165) is 11.2 Å². The summed E-state index contributed by atoms with van der Waals surface area (Å²) in [4.78, 5) is 0. The second-order valence-electron chi connectivity index (χ2n) is 5.39. The summed E-state index contributed by atoms with van der Waals surface area (Å²) < 4.78 is 0. The molecule has 2 fully saturated rings. The fraction of sp³-hybridized carbons (Fsp3) is 1.00. The van der Waals surface area contributed by atoms with Crippen LogP contribution in [0.1, 0.15) is 70.6 Å². The summed E-state index contributed by atoms with van der Waals surface area (Å²) in [7, 11) is 0. The van der Waals surface area contributed by atoms with Crippen LogP contribution < -0.4 is 0 Å². The van der Waals surface area contributed by atoms with Crippen LogP contribution in [0.25, 0.3) is 0 Å². The van der Waals surface area contributed by atoms with Crippen molar-refractivity contribution in [1.29, 1.82) is 0 Å². The summed E-state index contributed by atoms with van der Waals surface area (Å²) in [6.07, 6.45) is 16.6. The molecule has 0 N–H and O–H groups in total. The van der Waals surface area contributed by atoms with Crippen molar-refractivity contribution in [3.05, 3.63) is 0 Å². The smallest absolute Gasteiger partial charge is 0.0166 e. The van der Waals surface area contributed by atoms with Crippen molar-refractivity contribution in [2.24, 2.45) is 5.92 Å². The number of rotatable bonds is 1. The van der Waals surface area contributed by atoms with Crippen LogP contribution in [0, 0.1) is 5.92 Å². The third kappa shape index (κ3) is 4.80. The predicted octanol–water partition coefficient (Wildman–Crippen LogP) is 5.02. The van der Waals surface area contributed by atoms with Crippen molar-refractivity contribution in [2.45, 2.75) is 75.9 Å². The molecule has 0 aromatic carbocycles. The number of hydrogen-bond donors (Lipinski definition) is 0. The van der Waals surface area contributed by atoms with Crippen molar-refractivity contribution in [2.75, 3.05) is 5.75 Å². The molecule has 0 aromatic heterocycles. The highest BCUT2D eigenvalue weighted by molar-refractivity contribution is 8.06. The molecule has 15 heavy (non-hydrogen) atoms. The van der Waals surface area contributed by atoms with Crippen molar-refractivity contribution in [3.8, 4) is 0 Å². The van der Waals surface area contributed by atoms with Crippen molar-refractivity contribution in [1.82, 2.24) is 0 Å². The van der Waals surface area contributed by atoms with Crippen LogP contribution in [0.4, 0.5) is 0 Å². The zero-order valence-corrected chi connectivity index (χ0v) is 10.9. The highest BCUT2D eigenvalue weighted by Crippen LogP contribution is 2.41. The van der Waals surface area contributed by atoms with Crippen LogP contribution in [0.5, 0.6) is 0 Å². The quantitative estimate of drug-likeness (QED) is 0.566. The van der Waals surface area contributed by atoms with Gasteiger partial charge in [-0.1, -0.05) is 57.8 Å². The van der Waals surface area contributed by atoms with E-state index in [1.54, 1.807) is 0 Å². The van der Waals surface area contributed by atoms with Crippen LogP contribution in [0.15, 0.2) is 0 Å². The van der Waals surface area contributed by atoms with Crippen molar-refractivity contribution < 1.29 is 0 Å². The normalized spacial score (nSPS) is 31.6. The van der Waals surface area contributed by atoms with E-state index in [2.05, 4.69) is 11.8 Å². The second-order valence-corrected chi connectivity index (χ2v) is 6.66. The molecule has 88 valence electrons. The minimum Gasteiger partial charge on any atom is -0.156 e. The summed E-state index contributed by atoms with van der Waals surface area (Å²) in [5.74, 6) is 2.57. The maximum atomic E-state index is 2.21. The molecule has 0 amide bonds. The maximum absolute atomic E-state index is 2.21. The lowest BCUT2D eigenvalue weighted by atomic mass is 9.91. The zero-order valence-electron chi connectivity index (χ0n) is 10.0. The van der Waals surface area contributed by atoms with E-state index in [-0.39, 0.29) is 0 Å². The first-order valence-electron chi connectivity index (χ1n) is 7.08. The molecular formula is C14H26S. The van der Waals surface area contributed by atoms with Gasteiger partial charge < -0.3 is 0 Å². The molecule has 1 saturated heterocycles. The molecule has 0 nitrogen and oxygen atoms in total. The average molecular weight is 226 g/mol. The van der Waals surface area contributed by atoms with Crippen LogP contribution >= 0.6 is 11.8 Å². The average Bonchev–Trinajstić information content (AvgIpc) is 3.02.